The number of ether oxygens (including phenoxy) is 2. The van der Waals surface area contributed by atoms with Crippen molar-refractivity contribution in [2.45, 2.75) is 12.8 Å². The second-order valence-electron chi connectivity index (χ2n) is 5.78. The van der Waals surface area contributed by atoms with Crippen LogP contribution in [0.2, 0.25) is 5.02 Å². The zero-order chi connectivity index (χ0) is 15.5. The predicted molar refractivity (Wildman–Crippen MR) is 85.1 cm³/mol. The minimum atomic E-state index is 0.00727. The highest BCUT2D eigenvalue weighted by Crippen LogP contribution is 2.38. The molecule has 120 valence electrons. The first-order chi connectivity index (χ1) is 10.6. The largest absolute Gasteiger partial charge is 0.489 e. The molecule has 1 aromatic rings. The Morgan fingerprint density at radius 3 is 2.77 bits per heavy atom. The summed E-state index contributed by atoms with van der Waals surface area (Å²) in [6, 6.07) is 3.44. The molecule has 1 fully saturated rings. The molecule has 1 aromatic carbocycles. The summed E-state index contributed by atoms with van der Waals surface area (Å²) >= 11 is 6.27. The molecule has 5 nitrogen and oxygen atoms in total. The molecule has 0 aliphatic carbocycles. The summed E-state index contributed by atoms with van der Waals surface area (Å²) < 4.78 is 11.3. The van der Waals surface area contributed by atoms with Crippen LogP contribution in [0.5, 0.6) is 11.5 Å². The van der Waals surface area contributed by atoms with Crippen molar-refractivity contribution in [3.05, 3.63) is 22.7 Å². The van der Waals surface area contributed by atoms with Crippen LogP contribution in [0.3, 0.4) is 0 Å². The summed E-state index contributed by atoms with van der Waals surface area (Å²) in [5.41, 5.74) is 0.568. The summed E-state index contributed by atoms with van der Waals surface area (Å²) in [4.78, 5) is 16.9. The van der Waals surface area contributed by atoms with E-state index in [1.165, 1.54) is 0 Å². The Morgan fingerprint density at radius 1 is 1.09 bits per heavy atom. The van der Waals surface area contributed by atoms with Gasteiger partial charge in [0.1, 0.15) is 0 Å². The van der Waals surface area contributed by atoms with Crippen LogP contribution >= 0.6 is 11.6 Å². The number of carbonyl (C=O) groups is 1. The summed E-state index contributed by atoms with van der Waals surface area (Å²) in [7, 11) is 2.08. The molecule has 2 aliphatic heterocycles. The molecule has 2 heterocycles. The second kappa shape index (κ2) is 6.75. The van der Waals surface area contributed by atoms with E-state index in [-0.39, 0.29) is 5.91 Å². The molecule has 1 saturated heterocycles. The molecule has 2 aliphatic rings. The summed E-state index contributed by atoms with van der Waals surface area (Å²) in [5.74, 6) is 1.12. The number of amides is 1. The zero-order valence-corrected chi connectivity index (χ0v) is 13.6. The predicted octanol–water partition coefficient (Wildman–Crippen LogP) is 2.28. The van der Waals surface area contributed by atoms with Gasteiger partial charge in [-0.05, 0) is 32.1 Å². The number of rotatable bonds is 1. The Bertz CT molecular complexity index is 565. The fourth-order valence-corrected chi connectivity index (χ4v) is 3.05. The molecular formula is C16H21ClN2O3. The normalized spacial score (nSPS) is 19.5. The van der Waals surface area contributed by atoms with Crippen LogP contribution in [0.25, 0.3) is 0 Å². The van der Waals surface area contributed by atoms with Gasteiger partial charge in [-0.15, -0.1) is 0 Å². The molecule has 0 saturated carbocycles. The zero-order valence-electron chi connectivity index (χ0n) is 12.8. The molecule has 0 radical (unpaired) electrons. The Hall–Kier alpha value is -1.46. The van der Waals surface area contributed by atoms with Gasteiger partial charge >= 0.3 is 0 Å². The molecule has 0 bridgehead atoms. The maximum absolute atomic E-state index is 12.7. The van der Waals surface area contributed by atoms with Gasteiger partial charge in [-0.2, -0.15) is 0 Å². The van der Waals surface area contributed by atoms with Crippen molar-refractivity contribution in [2.24, 2.45) is 0 Å². The van der Waals surface area contributed by atoms with Gasteiger partial charge < -0.3 is 19.3 Å². The first kappa shape index (κ1) is 15.4. The Labute approximate surface area is 135 Å². The molecule has 1 amide bonds. The lowest BCUT2D eigenvalue weighted by molar-refractivity contribution is 0.0762. The van der Waals surface area contributed by atoms with Gasteiger partial charge in [0.15, 0.2) is 11.5 Å². The van der Waals surface area contributed by atoms with Crippen LogP contribution in [-0.4, -0.2) is 62.1 Å². The first-order valence-corrected chi connectivity index (χ1v) is 8.10. The van der Waals surface area contributed by atoms with Gasteiger partial charge in [0.2, 0.25) is 0 Å². The lowest BCUT2D eigenvalue weighted by Gasteiger charge is -2.21. The topological polar surface area (TPSA) is 42.0 Å². The molecular weight excluding hydrogens is 304 g/mol. The monoisotopic (exact) mass is 324 g/mol. The van der Waals surface area contributed by atoms with Crippen molar-refractivity contribution in [2.75, 3.05) is 46.4 Å². The minimum Gasteiger partial charge on any atom is -0.489 e. The van der Waals surface area contributed by atoms with Crippen molar-refractivity contribution >= 4 is 17.5 Å². The highest BCUT2D eigenvalue weighted by Gasteiger charge is 2.23. The average Bonchev–Trinajstić information content (AvgIpc) is 2.87. The fraction of sp³-hybridized carbons (Fsp3) is 0.562. The highest BCUT2D eigenvalue weighted by atomic mass is 35.5. The van der Waals surface area contributed by atoms with Gasteiger partial charge in [-0.25, -0.2) is 0 Å². The number of nitrogens with zero attached hydrogens (tertiary/aromatic N) is 2. The molecule has 22 heavy (non-hydrogen) atoms. The minimum absolute atomic E-state index is 0.00727. The molecule has 0 N–H and O–H groups in total. The van der Waals surface area contributed by atoms with Crippen molar-refractivity contribution in [1.29, 1.82) is 0 Å². The lowest BCUT2D eigenvalue weighted by Crippen LogP contribution is -2.34. The van der Waals surface area contributed by atoms with Crippen LogP contribution in [0, 0.1) is 0 Å². The van der Waals surface area contributed by atoms with Crippen LogP contribution in [0.15, 0.2) is 12.1 Å². The highest BCUT2D eigenvalue weighted by molar-refractivity contribution is 6.32. The number of halogens is 1. The van der Waals surface area contributed by atoms with Gasteiger partial charge in [0, 0.05) is 31.6 Å². The maximum Gasteiger partial charge on any atom is 0.254 e. The third-order valence-electron chi connectivity index (χ3n) is 4.06. The second-order valence-corrected chi connectivity index (χ2v) is 6.19. The van der Waals surface area contributed by atoms with E-state index in [1.54, 1.807) is 12.1 Å². The summed E-state index contributed by atoms with van der Waals surface area (Å²) in [6.45, 7) is 4.58. The van der Waals surface area contributed by atoms with E-state index in [2.05, 4.69) is 11.9 Å². The van der Waals surface area contributed by atoms with E-state index < -0.39 is 0 Å². The van der Waals surface area contributed by atoms with E-state index in [0.29, 0.717) is 35.3 Å². The van der Waals surface area contributed by atoms with Crippen LogP contribution in [0.1, 0.15) is 23.2 Å². The van der Waals surface area contributed by atoms with Crippen molar-refractivity contribution in [3.8, 4) is 11.5 Å². The summed E-state index contributed by atoms with van der Waals surface area (Å²) in [5, 5.41) is 0.440. The average molecular weight is 325 g/mol. The maximum atomic E-state index is 12.7. The van der Waals surface area contributed by atoms with Gasteiger partial charge in [-0.1, -0.05) is 11.6 Å². The smallest absolute Gasteiger partial charge is 0.254 e. The molecule has 0 unspecified atom stereocenters. The third-order valence-corrected chi connectivity index (χ3v) is 4.34. The van der Waals surface area contributed by atoms with E-state index >= 15 is 0 Å². The van der Waals surface area contributed by atoms with Gasteiger partial charge in [0.25, 0.3) is 5.91 Å². The number of likely N-dealkylation sites (N-methyl/N-ethyl adjacent to an activating group) is 1. The SMILES string of the molecule is CN1CCCN(C(=O)c2cc(Cl)c3c(c2)OCCCO3)CC1. The standard InChI is InChI=1S/C16H21ClN2O3/c1-18-4-2-5-19(7-6-18)16(20)12-10-13(17)15-14(11-12)21-8-3-9-22-15/h10-11H,2-9H2,1H3. The van der Waals surface area contributed by atoms with E-state index in [4.69, 9.17) is 21.1 Å². The van der Waals surface area contributed by atoms with E-state index in [1.807, 2.05) is 4.90 Å². The third kappa shape index (κ3) is 3.31. The van der Waals surface area contributed by atoms with E-state index in [0.717, 1.165) is 39.0 Å². The summed E-state index contributed by atoms with van der Waals surface area (Å²) in [6.07, 6.45) is 1.80. The molecule has 0 atom stereocenters. The fourth-order valence-electron chi connectivity index (χ4n) is 2.79. The Balaban J connectivity index is 1.83. The lowest BCUT2D eigenvalue weighted by atomic mass is 10.1. The van der Waals surface area contributed by atoms with Crippen molar-refractivity contribution in [3.63, 3.8) is 0 Å². The molecule has 0 spiro atoms. The van der Waals surface area contributed by atoms with Crippen molar-refractivity contribution in [1.82, 2.24) is 9.80 Å². The van der Waals surface area contributed by atoms with Gasteiger partial charge in [-0.3, -0.25) is 4.79 Å². The van der Waals surface area contributed by atoms with E-state index in [9.17, 15) is 4.79 Å². The first-order valence-electron chi connectivity index (χ1n) is 7.72. The van der Waals surface area contributed by atoms with Crippen molar-refractivity contribution < 1.29 is 14.3 Å². The van der Waals surface area contributed by atoms with Crippen LogP contribution in [-0.2, 0) is 0 Å². The molecule has 0 aromatic heterocycles. The molecule has 3 rings (SSSR count). The quantitative estimate of drug-likeness (QED) is 0.795. The number of carbonyl (C=O) groups excluding carboxylic acids is 1. The molecule has 6 heteroatoms. The number of hydrogen-bond donors (Lipinski definition) is 0. The number of fused-ring (bicyclic) bond motifs is 1. The van der Waals surface area contributed by atoms with Gasteiger partial charge in [0.05, 0.1) is 18.2 Å². The number of benzene rings is 1. The number of hydrogen-bond acceptors (Lipinski definition) is 4. The Morgan fingerprint density at radius 2 is 1.91 bits per heavy atom. The Kier molecular flexibility index (Phi) is 4.74. The van der Waals surface area contributed by atoms with Crippen LogP contribution < -0.4 is 9.47 Å². The van der Waals surface area contributed by atoms with Crippen LogP contribution in [0.4, 0.5) is 0 Å².